The van der Waals surface area contributed by atoms with Crippen molar-refractivity contribution in [1.29, 1.82) is 0 Å². The number of carbonyl (C=O) groups is 2. The maximum atomic E-state index is 12.3. The molecular formula is C20H15N3O2S2. The molecule has 2 heterocycles. The lowest BCUT2D eigenvalue weighted by Crippen LogP contribution is -2.32. The molecule has 0 radical (unpaired) electrons. The minimum Gasteiger partial charge on any atom is -0.343 e. The van der Waals surface area contributed by atoms with E-state index in [9.17, 15) is 9.59 Å². The van der Waals surface area contributed by atoms with E-state index in [0.29, 0.717) is 10.7 Å². The summed E-state index contributed by atoms with van der Waals surface area (Å²) in [5.74, 6) is -0.592. The van der Waals surface area contributed by atoms with E-state index in [1.54, 1.807) is 17.4 Å². The Morgan fingerprint density at radius 2 is 1.81 bits per heavy atom. The van der Waals surface area contributed by atoms with Crippen molar-refractivity contribution >= 4 is 50.4 Å². The predicted octanol–water partition coefficient (Wildman–Crippen LogP) is 4.39. The van der Waals surface area contributed by atoms with E-state index in [0.717, 1.165) is 21.3 Å². The van der Waals surface area contributed by atoms with E-state index >= 15 is 0 Å². The average molecular weight is 393 g/mol. The Labute approximate surface area is 163 Å². The molecule has 4 rings (SSSR count). The zero-order valence-corrected chi connectivity index (χ0v) is 15.8. The summed E-state index contributed by atoms with van der Waals surface area (Å²) in [5.41, 5.74) is 1.36. The first-order chi connectivity index (χ1) is 13.2. The Kier molecular flexibility index (Phi) is 4.95. The van der Waals surface area contributed by atoms with Crippen LogP contribution < -0.4 is 10.6 Å². The third-order valence-electron chi connectivity index (χ3n) is 3.95. The SMILES string of the molecule is O=C(CNC(=O)c1ccc2ccccc2c1)Nc1nc(-c2cccs2)cs1. The first-order valence-electron chi connectivity index (χ1n) is 8.25. The first kappa shape index (κ1) is 17.4. The summed E-state index contributed by atoms with van der Waals surface area (Å²) in [6.45, 7) is -0.112. The minimum absolute atomic E-state index is 0.112. The van der Waals surface area contributed by atoms with Gasteiger partial charge in [-0.15, -0.1) is 22.7 Å². The van der Waals surface area contributed by atoms with Gasteiger partial charge in [0.25, 0.3) is 5.91 Å². The number of nitrogens with zero attached hydrogens (tertiary/aromatic N) is 1. The monoisotopic (exact) mass is 393 g/mol. The average Bonchev–Trinajstić information content (AvgIpc) is 3.37. The highest BCUT2D eigenvalue weighted by Crippen LogP contribution is 2.28. The van der Waals surface area contributed by atoms with E-state index in [1.165, 1.54) is 11.3 Å². The van der Waals surface area contributed by atoms with Crippen LogP contribution in [0.4, 0.5) is 5.13 Å². The molecule has 0 aliphatic heterocycles. The van der Waals surface area contributed by atoms with Crippen molar-refractivity contribution in [2.24, 2.45) is 0 Å². The summed E-state index contributed by atoms with van der Waals surface area (Å²) in [5, 5.41) is 11.8. The lowest BCUT2D eigenvalue weighted by Gasteiger charge is -2.06. The van der Waals surface area contributed by atoms with Gasteiger partial charge in [-0.1, -0.05) is 36.4 Å². The number of fused-ring (bicyclic) bond motifs is 1. The summed E-state index contributed by atoms with van der Waals surface area (Å²) < 4.78 is 0. The quantitative estimate of drug-likeness (QED) is 0.528. The van der Waals surface area contributed by atoms with E-state index in [-0.39, 0.29) is 18.4 Å². The molecule has 134 valence electrons. The number of rotatable bonds is 5. The maximum absolute atomic E-state index is 12.3. The predicted molar refractivity (Wildman–Crippen MR) is 110 cm³/mol. The van der Waals surface area contributed by atoms with E-state index in [2.05, 4.69) is 15.6 Å². The zero-order valence-electron chi connectivity index (χ0n) is 14.1. The molecule has 7 heteroatoms. The molecule has 27 heavy (non-hydrogen) atoms. The Morgan fingerprint density at radius 1 is 0.963 bits per heavy atom. The van der Waals surface area contributed by atoms with Crippen LogP contribution in [-0.2, 0) is 4.79 Å². The van der Waals surface area contributed by atoms with Crippen LogP contribution >= 0.6 is 22.7 Å². The van der Waals surface area contributed by atoms with Crippen molar-refractivity contribution in [3.05, 3.63) is 70.9 Å². The topological polar surface area (TPSA) is 71.1 Å². The zero-order chi connectivity index (χ0) is 18.6. The van der Waals surface area contributed by atoms with Crippen molar-refractivity contribution in [3.8, 4) is 10.6 Å². The third kappa shape index (κ3) is 4.05. The van der Waals surface area contributed by atoms with Crippen molar-refractivity contribution in [2.75, 3.05) is 11.9 Å². The van der Waals surface area contributed by atoms with Crippen molar-refractivity contribution in [1.82, 2.24) is 10.3 Å². The fourth-order valence-corrected chi connectivity index (χ4v) is 4.11. The van der Waals surface area contributed by atoms with Crippen LogP contribution in [0.5, 0.6) is 0 Å². The number of aromatic nitrogens is 1. The lowest BCUT2D eigenvalue weighted by atomic mass is 10.1. The van der Waals surface area contributed by atoms with Crippen LogP contribution in [0.2, 0.25) is 0 Å². The number of thiazole rings is 1. The molecule has 2 aromatic carbocycles. The molecule has 2 amide bonds. The molecule has 2 aromatic heterocycles. The number of hydrogen-bond donors (Lipinski definition) is 2. The molecule has 4 aromatic rings. The number of thiophene rings is 1. The van der Waals surface area contributed by atoms with Gasteiger partial charge in [0.2, 0.25) is 5.91 Å². The number of hydrogen-bond acceptors (Lipinski definition) is 5. The van der Waals surface area contributed by atoms with E-state index < -0.39 is 0 Å². The molecule has 0 aliphatic rings. The van der Waals surface area contributed by atoms with Gasteiger partial charge in [-0.3, -0.25) is 9.59 Å². The number of carbonyl (C=O) groups excluding carboxylic acids is 2. The van der Waals surface area contributed by atoms with Gasteiger partial charge in [0.15, 0.2) is 5.13 Å². The number of nitrogens with one attached hydrogen (secondary N) is 2. The van der Waals surface area contributed by atoms with Gasteiger partial charge in [-0.2, -0.15) is 0 Å². The molecule has 0 saturated heterocycles. The summed E-state index contributed by atoms with van der Waals surface area (Å²) in [7, 11) is 0. The van der Waals surface area contributed by atoms with Crippen LogP contribution in [-0.4, -0.2) is 23.3 Å². The molecule has 0 spiro atoms. The van der Waals surface area contributed by atoms with E-state index in [1.807, 2.05) is 59.3 Å². The molecule has 5 nitrogen and oxygen atoms in total. The third-order valence-corrected chi connectivity index (χ3v) is 5.60. The fourth-order valence-electron chi connectivity index (χ4n) is 2.63. The number of benzene rings is 2. The molecule has 0 aliphatic carbocycles. The Hall–Kier alpha value is -3.03. The van der Waals surface area contributed by atoms with Gasteiger partial charge in [0.05, 0.1) is 17.1 Å². The van der Waals surface area contributed by atoms with Crippen LogP contribution in [0, 0.1) is 0 Å². The molecule has 0 unspecified atom stereocenters. The second-order valence-corrected chi connectivity index (χ2v) is 7.61. The fraction of sp³-hybridized carbons (Fsp3) is 0.0500. The van der Waals surface area contributed by atoms with Crippen LogP contribution in [0.15, 0.2) is 65.4 Å². The largest absolute Gasteiger partial charge is 0.343 e. The number of anilines is 1. The second kappa shape index (κ2) is 7.69. The molecular weight excluding hydrogens is 378 g/mol. The molecule has 0 fully saturated rings. The van der Waals surface area contributed by atoms with Gasteiger partial charge >= 0.3 is 0 Å². The van der Waals surface area contributed by atoms with Gasteiger partial charge in [-0.25, -0.2) is 4.98 Å². The van der Waals surface area contributed by atoms with Crippen LogP contribution in [0.3, 0.4) is 0 Å². The highest BCUT2D eigenvalue weighted by atomic mass is 32.1. The molecule has 0 atom stereocenters. The van der Waals surface area contributed by atoms with Crippen LogP contribution in [0.1, 0.15) is 10.4 Å². The highest BCUT2D eigenvalue weighted by molar-refractivity contribution is 7.16. The Bertz CT molecular complexity index is 1100. The summed E-state index contributed by atoms with van der Waals surface area (Å²) in [4.78, 5) is 29.9. The number of amides is 2. The smallest absolute Gasteiger partial charge is 0.251 e. The van der Waals surface area contributed by atoms with Gasteiger partial charge in [-0.05, 0) is 34.4 Å². The Morgan fingerprint density at radius 3 is 2.63 bits per heavy atom. The minimum atomic E-state index is -0.309. The summed E-state index contributed by atoms with van der Waals surface area (Å²) >= 11 is 2.95. The van der Waals surface area contributed by atoms with Crippen LogP contribution in [0.25, 0.3) is 21.3 Å². The van der Waals surface area contributed by atoms with Crippen molar-refractivity contribution in [2.45, 2.75) is 0 Å². The standard InChI is InChI=1S/C20H15N3O2S2/c24-18(23-20-22-16(12-27-20)17-6-3-9-26-17)11-21-19(25)15-8-7-13-4-1-2-5-14(13)10-15/h1-10,12H,11H2,(H,21,25)(H,22,23,24). The molecule has 0 saturated carbocycles. The second-order valence-electron chi connectivity index (χ2n) is 5.81. The lowest BCUT2D eigenvalue weighted by molar-refractivity contribution is -0.115. The Balaban J connectivity index is 1.35. The van der Waals surface area contributed by atoms with Gasteiger partial charge in [0, 0.05) is 10.9 Å². The maximum Gasteiger partial charge on any atom is 0.251 e. The molecule has 2 N–H and O–H groups in total. The highest BCUT2D eigenvalue weighted by Gasteiger charge is 2.11. The van der Waals surface area contributed by atoms with Gasteiger partial charge < -0.3 is 10.6 Å². The summed E-state index contributed by atoms with van der Waals surface area (Å²) in [6, 6.07) is 17.2. The van der Waals surface area contributed by atoms with E-state index in [4.69, 9.17) is 0 Å². The molecule has 0 bridgehead atoms. The van der Waals surface area contributed by atoms with Gasteiger partial charge in [0.1, 0.15) is 0 Å². The first-order valence-corrected chi connectivity index (χ1v) is 10.0. The summed E-state index contributed by atoms with van der Waals surface area (Å²) in [6.07, 6.45) is 0. The van der Waals surface area contributed by atoms with Crippen molar-refractivity contribution in [3.63, 3.8) is 0 Å². The van der Waals surface area contributed by atoms with Crippen molar-refractivity contribution < 1.29 is 9.59 Å². The normalized spacial score (nSPS) is 10.7.